The summed E-state index contributed by atoms with van der Waals surface area (Å²) in [5, 5.41) is 5.94. The molecule has 0 aromatic heterocycles. The number of ether oxygens (including phenoxy) is 1. The number of nitrogens with zero attached hydrogens (tertiary/aromatic N) is 2. The first kappa shape index (κ1) is 13.5. The van der Waals surface area contributed by atoms with E-state index >= 15 is 0 Å². The predicted octanol–water partition coefficient (Wildman–Crippen LogP) is 2.70. The molecule has 0 aliphatic rings. The summed E-state index contributed by atoms with van der Waals surface area (Å²) >= 11 is 0. The van der Waals surface area contributed by atoms with Crippen LogP contribution in [0.4, 0.5) is 0 Å². The van der Waals surface area contributed by atoms with E-state index in [9.17, 15) is 0 Å². The van der Waals surface area contributed by atoms with Crippen LogP contribution >= 0.6 is 0 Å². The normalized spacial score (nSPS) is 12.6. The lowest BCUT2D eigenvalue weighted by atomic mass is 10.2. The second-order valence-corrected chi connectivity index (χ2v) is 3.97. The summed E-state index contributed by atoms with van der Waals surface area (Å²) < 4.78 is 5.77. The number of hydrogen-bond acceptors (Lipinski definition) is 3. The number of rotatable bonds is 7. The Kier molecular flexibility index (Phi) is 6.04. The van der Waals surface area contributed by atoms with Crippen molar-refractivity contribution in [3.63, 3.8) is 0 Å². The van der Waals surface area contributed by atoms with Crippen molar-refractivity contribution < 1.29 is 4.74 Å². The molecule has 0 fully saturated rings. The highest BCUT2D eigenvalue weighted by atomic mass is 16.5. The van der Waals surface area contributed by atoms with Crippen LogP contribution in [-0.2, 0) is 11.3 Å². The van der Waals surface area contributed by atoms with Crippen molar-refractivity contribution in [2.24, 2.45) is 5.10 Å². The molecule has 3 nitrogen and oxygen atoms in total. The molecule has 0 aliphatic carbocycles. The minimum atomic E-state index is -0.0184. The zero-order valence-electron chi connectivity index (χ0n) is 10.5. The molecule has 0 spiro atoms. The van der Waals surface area contributed by atoms with Crippen molar-refractivity contribution >= 4 is 6.21 Å². The van der Waals surface area contributed by atoms with Crippen molar-refractivity contribution in [3.05, 3.63) is 48.6 Å². The van der Waals surface area contributed by atoms with Crippen LogP contribution in [0.15, 0.2) is 48.1 Å². The van der Waals surface area contributed by atoms with Gasteiger partial charge in [-0.05, 0) is 12.0 Å². The van der Waals surface area contributed by atoms with Crippen molar-refractivity contribution in [1.82, 2.24) is 5.01 Å². The Morgan fingerprint density at radius 1 is 1.35 bits per heavy atom. The van der Waals surface area contributed by atoms with E-state index in [2.05, 4.69) is 11.7 Å². The Hall–Kier alpha value is -1.61. The summed E-state index contributed by atoms with van der Waals surface area (Å²) in [5.41, 5.74) is 1.17. The first-order chi connectivity index (χ1) is 8.22. The highest BCUT2D eigenvalue weighted by Crippen LogP contribution is 2.05. The van der Waals surface area contributed by atoms with Crippen LogP contribution in [0.1, 0.15) is 12.0 Å². The molecule has 0 aliphatic heterocycles. The maximum Gasteiger partial charge on any atom is 0.0982 e. The molecule has 0 bridgehead atoms. The van der Waals surface area contributed by atoms with Crippen LogP contribution in [0.5, 0.6) is 0 Å². The van der Waals surface area contributed by atoms with E-state index in [1.54, 1.807) is 5.01 Å². The molecular formula is C14H20N2O. The van der Waals surface area contributed by atoms with Gasteiger partial charge in [0.15, 0.2) is 0 Å². The van der Waals surface area contributed by atoms with Gasteiger partial charge in [-0.25, -0.2) is 0 Å². The van der Waals surface area contributed by atoms with E-state index in [1.807, 2.05) is 56.7 Å². The van der Waals surface area contributed by atoms with Crippen molar-refractivity contribution in [2.75, 3.05) is 14.1 Å². The van der Waals surface area contributed by atoms with E-state index in [0.29, 0.717) is 6.61 Å². The summed E-state index contributed by atoms with van der Waals surface area (Å²) in [5.74, 6) is 0. The zero-order chi connectivity index (χ0) is 12.5. The monoisotopic (exact) mass is 232 g/mol. The number of benzene rings is 1. The Morgan fingerprint density at radius 3 is 2.65 bits per heavy atom. The van der Waals surface area contributed by atoms with Crippen LogP contribution in [0.25, 0.3) is 0 Å². The lowest BCUT2D eigenvalue weighted by Gasteiger charge is -2.13. The van der Waals surface area contributed by atoms with E-state index in [4.69, 9.17) is 4.74 Å². The minimum absolute atomic E-state index is 0.0184. The van der Waals surface area contributed by atoms with E-state index in [1.165, 1.54) is 5.56 Å². The third-order valence-electron chi connectivity index (χ3n) is 2.17. The predicted molar refractivity (Wildman–Crippen MR) is 72.0 cm³/mol. The SMILES string of the molecule is C=CCC(C=NN(C)C)OCc1ccccc1. The van der Waals surface area contributed by atoms with Gasteiger partial charge in [-0.2, -0.15) is 5.10 Å². The second-order valence-electron chi connectivity index (χ2n) is 3.97. The van der Waals surface area contributed by atoms with Gasteiger partial charge in [0.25, 0.3) is 0 Å². The largest absolute Gasteiger partial charge is 0.367 e. The van der Waals surface area contributed by atoms with Crippen molar-refractivity contribution in [3.8, 4) is 0 Å². The van der Waals surface area contributed by atoms with Gasteiger partial charge in [0.2, 0.25) is 0 Å². The Bertz CT molecular complexity index is 346. The molecular weight excluding hydrogens is 212 g/mol. The van der Waals surface area contributed by atoms with Crippen LogP contribution in [0.3, 0.4) is 0 Å². The maximum absolute atomic E-state index is 5.77. The molecule has 1 aromatic rings. The summed E-state index contributed by atoms with van der Waals surface area (Å²) in [7, 11) is 3.78. The molecule has 0 amide bonds. The van der Waals surface area contributed by atoms with Gasteiger partial charge < -0.3 is 9.75 Å². The van der Waals surface area contributed by atoms with Gasteiger partial charge in [-0.15, -0.1) is 6.58 Å². The molecule has 1 rings (SSSR count). The second kappa shape index (κ2) is 7.63. The Labute approximate surface area is 103 Å². The lowest BCUT2D eigenvalue weighted by Crippen LogP contribution is -2.16. The molecule has 0 saturated carbocycles. The molecule has 1 atom stereocenters. The summed E-state index contributed by atoms with van der Waals surface area (Å²) in [6.07, 6.45) is 4.40. The van der Waals surface area contributed by atoms with E-state index < -0.39 is 0 Å². The van der Waals surface area contributed by atoms with Gasteiger partial charge >= 0.3 is 0 Å². The quantitative estimate of drug-likeness (QED) is 0.410. The summed E-state index contributed by atoms with van der Waals surface area (Å²) in [4.78, 5) is 0. The average Bonchev–Trinajstić information content (AvgIpc) is 2.34. The molecule has 0 heterocycles. The Morgan fingerprint density at radius 2 is 2.06 bits per heavy atom. The molecule has 17 heavy (non-hydrogen) atoms. The molecule has 1 unspecified atom stereocenters. The van der Waals surface area contributed by atoms with Gasteiger partial charge in [0.05, 0.1) is 18.9 Å². The number of hydrazone groups is 1. The first-order valence-corrected chi connectivity index (χ1v) is 5.70. The number of hydrogen-bond donors (Lipinski definition) is 0. The fraction of sp³-hybridized carbons (Fsp3) is 0.357. The lowest BCUT2D eigenvalue weighted by molar-refractivity contribution is 0.0884. The average molecular weight is 232 g/mol. The highest BCUT2D eigenvalue weighted by Gasteiger charge is 2.04. The third kappa shape index (κ3) is 5.88. The van der Waals surface area contributed by atoms with Crippen molar-refractivity contribution in [2.45, 2.75) is 19.1 Å². The zero-order valence-corrected chi connectivity index (χ0v) is 10.5. The van der Waals surface area contributed by atoms with Crippen LogP contribution in [0, 0.1) is 0 Å². The molecule has 1 aromatic carbocycles. The first-order valence-electron chi connectivity index (χ1n) is 5.70. The smallest absolute Gasteiger partial charge is 0.0982 e. The van der Waals surface area contributed by atoms with Gasteiger partial charge in [-0.3, -0.25) is 0 Å². The summed E-state index contributed by atoms with van der Waals surface area (Å²) in [6, 6.07) is 10.1. The van der Waals surface area contributed by atoms with Crippen LogP contribution in [-0.4, -0.2) is 31.4 Å². The van der Waals surface area contributed by atoms with Crippen LogP contribution < -0.4 is 0 Å². The fourth-order valence-electron chi connectivity index (χ4n) is 1.32. The standard InChI is InChI=1S/C14H20N2O/c1-4-8-14(11-15-16(2)3)17-12-13-9-6-5-7-10-13/h4-7,9-11,14H,1,8,12H2,2-3H3. The van der Waals surface area contributed by atoms with Gasteiger partial charge in [-0.1, -0.05) is 36.4 Å². The van der Waals surface area contributed by atoms with Gasteiger partial charge in [0.1, 0.15) is 0 Å². The van der Waals surface area contributed by atoms with E-state index in [-0.39, 0.29) is 6.10 Å². The van der Waals surface area contributed by atoms with Crippen LogP contribution in [0.2, 0.25) is 0 Å². The third-order valence-corrected chi connectivity index (χ3v) is 2.17. The highest BCUT2D eigenvalue weighted by molar-refractivity contribution is 5.62. The molecule has 0 N–H and O–H groups in total. The van der Waals surface area contributed by atoms with E-state index in [0.717, 1.165) is 6.42 Å². The maximum atomic E-state index is 5.77. The van der Waals surface area contributed by atoms with Gasteiger partial charge in [0, 0.05) is 14.1 Å². The fourth-order valence-corrected chi connectivity index (χ4v) is 1.32. The Balaban J connectivity index is 2.47. The molecule has 92 valence electrons. The molecule has 3 heteroatoms. The minimum Gasteiger partial charge on any atom is -0.367 e. The molecule has 0 saturated heterocycles. The van der Waals surface area contributed by atoms with Crippen molar-refractivity contribution in [1.29, 1.82) is 0 Å². The summed E-state index contributed by atoms with van der Waals surface area (Å²) in [6.45, 7) is 4.32. The molecule has 0 radical (unpaired) electrons. The topological polar surface area (TPSA) is 24.8 Å².